The number of hydrogen-bond donors (Lipinski definition) is 0. The van der Waals surface area contributed by atoms with Crippen LogP contribution in [0.2, 0.25) is 5.02 Å². The van der Waals surface area contributed by atoms with Gasteiger partial charge in [0.2, 0.25) is 5.91 Å². The smallest absolute Gasteiger partial charge is 0.256 e. The summed E-state index contributed by atoms with van der Waals surface area (Å²) in [5.74, 6) is 0.491. The lowest BCUT2D eigenvalue weighted by Crippen LogP contribution is -2.42. The standard InChI is InChI=1S/C43H39ClN4O7/c1-26-33(30-12-13-38-36(15-30)43(51)47(3)21-41(50)48(38)22-42(52-4)53-5)8-6-9-34(26)35-10-7-11-39(27(35)2)55-25-32-17-40(31(23-49)16-37(32)44)54-24-29-14-28(18-45)19-46-20-29/h6-17,19-20,23,42H,21-22,24-25H2,1-5H3. The zero-order valence-corrected chi connectivity index (χ0v) is 31.8. The Kier molecular flexibility index (Phi) is 11.9. The molecule has 0 fully saturated rings. The number of anilines is 1. The maximum atomic E-state index is 13.6. The number of ether oxygens (including phenoxy) is 4. The van der Waals surface area contributed by atoms with E-state index in [1.54, 1.807) is 42.4 Å². The summed E-state index contributed by atoms with van der Waals surface area (Å²) in [7, 11) is 4.63. The van der Waals surface area contributed by atoms with Crippen molar-refractivity contribution in [3.05, 3.63) is 129 Å². The molecule has 0 bridgehead atoms. The summed E-state index contributed by atoms with van der Waals surface area (Å²) in [5, 5.41) is 9.55. The zero-order chi connectivity index (χ0) is 39.2. The number of aldehydes is 1. The van der Waals surface area contributed by atoms with E-state index in [2.05, 4.69) is 11.1 Å². The van der Waals surface area contributed by atoms with E-state index in [4.69, 9.17) is 30.5 Å². The summed E-state index contributed by atoms with van der Waals surface area (Å²) in [6.07, 6.45) is 3.08. The highest BCUT2D eigenvalue weighted by Crippen LogP contribution is 2.38. The van der Waals surface area contributed by atoms with E-state index in [-0.39, 0.29) is 43.7 Å². The van der Waals surface area contributed by atoms with Crippen molar-refractivity contribution in [3.63, 3.8) is 0 Å². The van der Waals surface area contributed by atoms with Crippen LogP contribution in [0.4, 0.5) is 5.69 Å². The van der Waals surface area contributed by atoms with Crippen LogP contribution in [0, 0.1) is 25.2 Å². The summed E-state index contributed by atoms with van der Waals surface area (Å²) < 4.78 is 23.0. The Morgan fingerprint density at radius 2 is 1.58 bits per heavy atom. The van der Waals surface area contributed by atoms with Gasteiger partial charge in [-0.05, 0) is 83.6 Å². The number of likely N-dealkylation sites (N-methyl/N-ethyl adjacent to an activating group) is 1. The lowest BCUT2D eigenvalue weighted by Gasteiger charge is -2.26. The van der Waals surface area contributed by atoms with Gasteiger partial charge in [0.25, 0.3) is 5.91 Å². The number of carbonyl (C=O) groups excluding carboxylic acids is 3. The molecule has 4 aromatic carbocycles. The predicted octanol–water partition coefficient (Wildman–Crippen LogP) is 7.57. The fourth-order valence-corrected chi connectivity index (χ4v) is 6.82. The van der Waals surface area contributed by atoms with Gasteiger partial charge < -0.3 is 28.7 Å². The Morgan fingerprint density at radius 3 is 2.31 bits per heavy atom. The van der Waals surface area contributed by atoms with E-state index in [9.17, 15) is 19.6 Å². The van der Waals surface area contributed by atoms with Crippen molar-refractivity contribution in [3.8, 4) is 39.8 Å². The molecule has 12 heteroatoms. The summed E-state index contributed by atoms with van der Waals surface area (Å²) in [6, 6.07) is 24.4. The molecule has 5 aromatic rings. The predicted molar refractivity (Wildman–Crippen MR) is 208 cm³/mol. The van der Waals surface area contributed by atoms with Crippen LogP contribution < -0.4 is 14.4 Å². The molecule has 0 unspecified atom stereocenters. The first-order valence-electron chi connectivity index (χ1n) is 17.4. The van der Waals surface area contributed by atoms with Crippen molar-refractivity contribution >= 4 is 35.4 Å². The van der Waals surface area contributed by atoms with Gasteiger partial charge in [-0.3, -0.25) is 19.4 Å². The Morgan fingerprint density at radius 1 is 0.873 bits per heavy atom. The third-order valence-corrected chi connectivity index (χ3v) is 9.97. The molecule has 11 nitrogen and oxygen atoms in total. The monoisotopic (exact) mass is 758 g/mol. The van der Waals surface area contributed by atoms with E-state index in [0.717, 1.165) is 33.4 Å². The number of amides is 2. The summed E-state index contributed by atoms with van der Waals surface area (Å²) in [6.45, 7) is 4.30. The van der Waals surface area contributed by atoms with Crippen LogP contribution in [0.1, 0.15) is 48.5 Å². The molecule has 2 heterocycles. The van der Waals surface area contributed by atoms with Crippen molar-refractivity contribution in [2.75, 3.05) is 39.3 Å². The zero-order valence-electron chi connectivity index (χ0n) is 31.1. The second kappa shape index (κ2) is 17.0. The topological polar surface area (TPSA) is 131 Å². The molecule has 1 aliphatic rings. The molecule has 0 saturated carbocycles. The Hall–Kier alpha value is -6.06. The first-order chi connectivity index (χ1) is 26.6. The van der Waals surface area contributed by atoms with Gasteiger partial charge in [0.15, 0.2) is 12.6 Å². The van der Waals surface area contributed by atoms with Crippen molar-refractivity contribution in [1.29, 1.82) is 5.26 Å². The number of hydrogen-bond acceptors (Lipinski definition) is 9. The molecule has 6 rings (SSSR count). The molecule has 0 spiro atoms. The highest BCUT2D eigenvalue weighted by molar-refractivity contribution is 6.31. The average Bonchev–Trinajstić information content (AvgIpc) is 3.28. The maximum absolute atomic E-state index is 13.6. The first kappa shape index (κ1) is 38.7. The fraction of sp³-hybridized carbons (Fsp3) is 0.233. The molecule has 1 aliphatic heterocycles. The van der Waals surface area contributed by atoms with Crippen molar-refractivity contribution in [1.82, 2.24) is 9.88 Å². The van der Waals surface area contributed by atoms with Gasteiger partial charge in [-0.1, -0.05) is 48.0 Å². The van der Waals surface area contributed by atoms with Crippen LogP contribution in [-0.2, 0) is 27.5 Å². The number of carbonyl (C=O) groups is 3. The number of methoxy groups -OCH3 is 2. The Bertz CT molecular complexity index is 2320. The molecular formula is C43H39ClN4O7. The molecule has 55 heavy (non-hydrogen) atoms. The summed E-state index contributed by atoms with van der Waals surface area (Å²) >= 11 is 6.59. The minimum absolute atomic E-state index is 0.0719. The van der Waals surface area contributed by atoms with Gasteiger partial charge in [-0.15, -0.1) is 0 Å². The number of benzene rings is 4. The number of halogens is 1. The van der Waals surface area contributed by atoms with Crippen LogP contribution >= 0.6 is 11.6 Å². The summed E-state index contributed by atoms with van der Waals surface area (Å²) in [4.78, 5) is 45.7. The highest BCUT2D eigenvalue weighted by atomic mass is 35.5. The maximum Gasteiger partial charge on any atom is 0.256 e. The van der Waals surface area contributed by atoms with Gasteiger partial charge in [0.1, 0.15) is 37.3 Å². The number of nitriles is 1. The number of nitrogens with zero attached hydrogens (tertiary/aromatic N) is 4. The van der Waals surface area contributed by atoms with Gasteiger partial charge in [-0.2, -0.15) is 5.26 Å². The SMILES string of the molecule is COC(CN1C(=O)CN(C)C(=O)c2cc(-c3cccc(-c4cccc(OCc5cc(OCc6cncc(C#N)c6)c(C=O)cc5Cl)c4C)c3C)ccc21)OC. The second-order valence-electron chi connectivity index (χ2n) is 13.1. The van der Waals surface area contributed by atoms with Crippen LogP contribution in [0.25, 0.3) is 22.3 Å². The minimum atomic E-state index is -0.660. The number of pyridine rings is 1. The van der Waals surface area contributed by atoms with Crippen LogP contribution in [0.15, 0.2) is 85.2 Å². The van der Waals surface area contributed by atoms with Gasteiger partial charge in [-0.25, -0.2) is 0 Å². The minimum Gasteiger partial charge on any atom is -0.489 e. The normalized spacial score (nSPS) is 12.7. The van der Waals surface area contributed by atoms with E-state index < -0.39 is 6.29 Å². The van der Waals surface area contributed by atoms with E-state index in [0.29, 0.717) is 50.7 Å². The average molecular weight is 759 g/mol. The number of rotatable bonds is 13. The first-order valence-corrected chi connectivity index (χ1v) is 17.8. The molecule has 280 valence electrons. The van der Waals surface area contributed by atoms with Crippen molar-refractivity contribution in [2.45, 2.75) is 33.4 Å². The quantitative estimate of drug-likeness (QED) is 0.0882. The molecular weight excluding hydrogens is 720 g/mol. The molecule has 0 N–H and O–H groups in total. The number of fused-ring (bicyclic) bond motifs is 1. The van der Waals surface area contributed by atoms with E-state index >= 15 is 0 Å². The third-order valence-electron chi connectivity index (χ3n) is 9.62. The molecule has 0 atom stereocenters. The van der Waals surface area contributed by atoms with E-state index in [1.807, 2.05) is 62.4 Å². The van der Waals surface area contributed by atoms with Gasteiger partial charge in [0.05, 0.1) is 28.9 Å². The Balaban J connectivity index is 1.27. The van der Waals surface area contributed by atoms with Crippen LogP contribution in [0.5, 0.6) is 11.5 Å². The van der Waals surface area contributed by atoms with Crippen molar-refractivity contribution < 1.29 is 33.3 Å². The van der Waals surface area contributed by atoms with Crippen LogP contribution in [-0.4, -0.2) is 68.6 Å². The van der Waals surface area contributed by atoms with Gasteiger partial charge in [0, 0.05) is 49.8 Å². The molecule has 0 saturated heterocycles. The van der Waals surface area contributed by atoms with Crippen LogP contribution in [0.3, 0.4) is 0 Å². The summed E-state index contributed by atoms with van der Waals surface area (Å²) in [5.41, 5.74) is 8.51. The molecule has 1 aromatic heterocycles. The molecule has 2 amide bonds. The molecule has 0 radical (unpaired) electrons. The fourth-order valence-electron chi connectivity index (χ4n) is 6.59. The molecule has 0 aliphatic carbocycles. The Labute approximate surface area is 324 Å². The highest BCUT2D eigenvalue weighted by Gasteiger charge is 2.32. The third kappa shape index (κ3) is 8.22. The second-order valence-corrected chi connectivity index (χ2v) is 13.5. The van der Waals surface area contributed by atoms with Gasteiger partial charge >= 0.3 is 0 Å². The lowest BCUT2D eigenvalue weighted by molar-refractivity contribution is -0.123. The van der Waals surface area contributed by atoms with Crippen molar-refractivity contribution in [2.24, 2.45) is 0 Å². The van der Waals surface area contributed by atoms with E-state index in [1.165, 1.54) is 25.3 Å². The lowest BCUT2D eigenvalue weighted by atomic mass is 9.90. The largest absolute Gasteiger partial charge is 0.489 e. The number of aromatic nitrogens is 1.